The summed E-state index contributed by atoms with van der Waals surface area (Å²) in [5.41, 5.74) is 1.17. The molecule has 4 heteroatoms. The normalized spacial score (nSPS) is 13.2. The standard InChI is InChI=1S/C9H15BrN2O/c1-3-12-9(4-7(2)6-13)8(10)5-11-12/h5,7,13H,3-4,6H2,1-2H3. The molecule has 0 radical (unpaired) electrons. The summed E-state index contributed by atoms with van der Waals surface area (Å²) in [7, 11) is 0. The molecular weight excluding hydrogens is 232 g/mol. The van der Waals surface area contributed by atoms with Crippen molar-refractivity contribution in [3.8, 4) is 0 Å². The molecule has 0 aliphatic rings. The molecule has 1 rings (SSSR count). The molecular formula is C9H15BrN2O. The number of aromatic nitrogens is 2. The first kappa shape index (κ1) is 10.7. The van der Waals surface area contributed by atoms with Crippen LogP contribution >= 0.6 is 15.9 Å². The zero-order chi connectivity index (χ0) is 9.84. The van der Waals surface area contributed by atoms with Gasteiger partial charge in [-0.05, 0) is 35.2 Å². The first-order valence-electron chi connectivity index (χ1n) is 4.50. The fourth-order valence-electron chi connectivity index (χ4n) is 1.26. The smallest absolute Gasteiger partial charge is 0.0635 e. The first-order chi connectivity index (χ1) is 6.19. The number of aliphatic hydroxyl groups excluding tert-OH is 1. The van der Waals surface area contributed by atoms with Crippen LogP contribution in [-0.2, 0) is 13.0 Å². The van der Waals surface area contributed by atoms with Gasteiger partial charge in [-0.15, -0.1) is 0 Å². The van der Waals surface area contributed by atoms with Crippen LogP contribution in [0.2, 0.25) is 0 Å². The van der Waals surface area contributed by atoms with Gasteiger partial charge in [-0.25, -0.2) is 0 Å². The van der Waals surface area contributed by atoms with Crippen LogP contribution in [-0.4, -0.2) is 21.5 Å². The lowest BCUT2D eigenvalue weighted by molar-refractivity contribution is 0.235. The summed E-state index contributed by atoms with van der Waals surface area (Å²) >= 11 is 3.45. The molecule has 0 amide bonds. The monoisotopic (exact) mass is 246 g/mol. The number of halogens is 1. The second-order valence-corrected chi connectivity index (χ2v) is 4.10. The summed E-state index contributed by atoms with van der Waals surface area (Å²) in [4.78, 5) is 0. The Hall–Kier alpha value is -0.350. The molecule has 3 nitrogen and oxygen atoms in total. The SMILES string of the molecule is CCn1ncc(Br)c1CC(C)CO. The zero-order valence-corrected chi connectivity index (χ0v) is 9.58. The maximum Gasteiger partial charge on any atom is 0.0635 e. The van der Waals surface area contributed by atoms with E-state index in [0.717, 1.165) is 17.4 Å². The van der Waals surface area contributed by atoms with Gasteiger partial charge in [-0.1, -0.05) is 6.92 Å². The van der Waals surface area contributed by atoms with E-state index in [1.54, 1.807) is 0 Å². The Kier molecular flexibility index (Phi) is 3.93. The average Bonchev–Trinajstić information content (AvgIpc) is 2.48. The Morgan fingerprint density at radius 1 is 1.69 bits per heavy atom. The lowest BCUT2D eigenvalue weighted by atomic mass is 10.1. The molecule has 1 heterocycles. The summed E-state index contributed by atoms with van der Waals surface area (Å²) in [6, 6.07) is 0. The molecule has 1 atom stereocenters. The van der Waals surface area contributed by atoms with E-state index in [1.165, 1.54) is 5.69 Å². The number of hydrogen-bond donors (Lipinski definition) is 1. The summed E-state index contributed by atoms with van der Waals surface area (Å²) in [5, 5.41) is 13.2. The van der Waals surface area contributed by atoms with Crippen molar-refractivity contribution < 1.29 is 5.11 Å². The Morgan fingerprint density at radius 2 is 2.38 bits per heavy atom. The number of nitrogens with zero attached hydrogens (tertiary/aromatic N) is 2. The van der Waals surface area contributed by atoms with Crippen LogP contribution in [0.25, 0.3) is 0 Å². The van der Waals surface area contributed by atoms with Crippen molar-refractivity contribution in [2.24, 2.45) is 5.92 Å². The molecule has 74 valence electrons. The fraction of sp³-hybridized carbons (Fsp3) is 0.667. The average molecular weight is 247 g/mol. The van der Waals surface area contributed by atoms with Gasteiger partial charge in [0.2, 0.25) is 0 Å². The predicted molar refractivity (Wildman–Crippen MR) is 55.6 cm³/mol. The third-order valence-corrected chi connectivity index (χ3v) is 2.71. The van der Waals surface area contributed by atoms with Crippen molar-refractivity contribution in [3.63, 3.8) is 0 Å². The molecule has 0 aliphatic heterocycles. The van der Waals surface area contributed by atoms with Crippen LogP contribution in [0, 0.1) is 5.92 Å². The van der Waals surface area contributed by atoms with Gasteiger partial charge < -0.3 is 5.11 Å². The van der Waals surface area contributed by atoms with Gasteiger partial charge >= 0.3 is 0 Å². The van der Waals surface area contributed by atoms with Crippen LogP contribution < -0.4 is 0 Å². The Balaban J connectivity index is 2.79. The predicted octanol–water partition coefficient (Wildman–Crippen LogP) is 1.84. The Bertz CT molecular complexity index is 273. The maximum atomic E-state index is 8.94. The van der Waals surface area contributed by atoms with Crippen LogP contribution in [0.3, 0.4) is 0 Å². The molecule has 1 aromatic heterocycles. The van der Waals surface area contributed by atoms with E-state index in [0.29, 0.717) is 5.92 Å². The van der Waals surface area contributed by atoms with E-state index >= 15 is 0 Å². The second kappa shape index (κ2) is 4.77. The zero-order valence-electron chi connectivity index (χ0n) is 8.00. The topological polar surface area (TPSA) is 38.0 Å². The van der Waals surface area contributed by atoms with E-state index in [4.69, 9.17) is 5.11 Å². The van der Waals surface area contributed by atoms with Crippen molar-refractivity contribution >= 4 is 15.9 Å². The molecule has 0 aromatic carbocycles. The Labute approximate surface area is 86.9 Å². The maximum absolute atomic E-state index is 8.94. The summed E-state index contributed by atoms with van der Waals surface area (Å²) in [5.74, 6) is 0.290. The van der Waals surface area contributed by atoms with Gasteiger partial charge in [0.25, 0.3) is 0 Å². The quantitative estimate of drug-likeness (QED) is 0.881. The molecule has 1 N–H and O–H groups in total. The first-order valence-corrected chi connectivity index (χ1v) is 5.29. The second-order valence-electron chi connectivity index (χ2n) is 3.25. The van der Waals surface area contributed by atoms with Crippen LogP contribution in [0.15, 0.2) is 10.7 Å². The van der Waals surface area contributed by atoms with Crippen molar-refractivity contribution in [1.82, 2.24) is 9.78 Å². The van der Waals surface area contributed by atoms with Gasteiger partial charge in [-0.2, -0.15) is 5.10 Å². The van der Waals surface area contributed by atoms with E-state index in [2.05, 4.69) is 28.0 Å². The number of aliphatic hydroxyl groups is 1. The van der Waals surface area contributed by atoms with E-state index < -0.39 is 0 Å². The molecule has 0 fully saturated rings. The minimum absolute atomic E-state index is 0.224. The lowest BCUT2D eigenvalue weighted by Crippen LogP contribution is -2.10. The molecule has 0 saturated heterocycles. The third-order valence-electron chi connectivity index (χ3n) is 2.05. The van der Waals surface area contributed by atoms with Gasteiger partial charge in [0.15, 0.2) is 0 Å². The van der Waals surface area contributed by atoms with E-state index in [1.807, 2.05) is 17.8 Å². The van der Waals surface area contributed by atoms with Gasteiger partial charge in [0.1, 0.15) is 0 Å². The van der Waals surface area contributed by atoms with Crippen molar-refractivity contribution in [2.45, 2.75) is 26.8 Å². The van der Waals surface area contributed by atoms with Crippen LogP contribution in [0.4, 0.5) is 0 Å². The minimum atomic E-state index is 0.224. The molecule has 13 heavy (non-hydrogen) atoms. The lowest BCUT2D eigenvalue weighted by Gasteiger charge is -2.09. The fourth-order valence-corrected chi connectivity index (χ4v) is 1.72. The molecule has 0 saturated carbocycles. The van der Waals surface area contributed by atoms with E-state index in [9.17, 15) is 0 Å². The van der Waals surface area contributed by atoms with Gasteiger partial charge in [-0.3, -0.25) is 4.68 Å². The van der Waals surface area contributed by atoms with Crippen LogP contribution in [0.5, 0.6) is 0 Å². The van der Waals surface area contributed by atoms with Gasteiger partial charge in [0, 0.05) is 13.2 Å². The van der Waals surface area contributed by atoms with Crippen molar-refractivity contribution in [2.75, 3.05) is 6.61 Å². The molecule has 0 aliphatic carbocycles. The molecule has 0 bridgehead atoms. The number of rotatable bonds is 4. The highest BCUT2D eigenvalue weighted by Gasteiger charge is 2.10. The summed E-state index contributed by atoms with van der Waals surface area (Å²) in [6.07, 6.45) is 2.67. The summed E-state index contributed by atoms with van der Waals surface area (Å²) < 4.78 is 2.99. The number of hydrogen-bond acceptors (Lipinski definition) is 2. The van der Waals surface area contributed by atoms with Crippen molar-refractivity contribution in [1.29, 1.82) is 0 Å². The Morgan fingerprint density at radius 3 is 2.92 bits per heavy atom. The highest BCUT2D eigenvalue weighted by molar-refractivity contribution is 9.10. The highest BCUT2D eigenvalue weighted by atomic mass is 79.9. The van der Waals surface area contributed by atoms with Crippen molar-refractivity contribution in [3.05, 3.63) is 16.4 Å². The van der Waals surface area contributed by atoms with E-state index in [-0.39, 0.29) is 6.61 Å². The highest BCUT2D eigenvalue weighted by Crippen LogP contribution is 2.19. The van der Waals surface area contributed by atoms with Gasteiger partial charge in [0.05, 0.1) is 16.4 Å². The molecule has 1 aromatic rings. The minimum Gasteiger partial charge on any atom is -0.396 e. The number of aryl methyl sites for hydroxylation is 1. The molecule has 1 unspecified atom stereocenters. The van der Waals surface area contributed by atoms with Crippen LogP contribution in [0.1, 0.15) is 19.5 Å². The third kappa shape index (κ3) is 2.54. The molecule has 0 spiro atoms. The summed E-state index contributed by atoms with van der Waals surface area (Å²) in [6.45, 7) is 5.19. The largest absolute Gasteiger partial charge is 0.396 e.